The molecule has 6 aromatic carbocycles. The van der Waals surface area contributed by atoms with Crippen molar-refractivity contribution in [1.29, 1.82) is 0 Å². The summed E-state index contributed by atoms with van der Waals surface area (Å²) < 4.78 is 0. The fourth-order valence-electron chi connectivity index (χ4n) is 5.34. The van der Waals surface area contributed by atoms with Crippen molar-refractivity contribution in [3.05, 3.63) is 194 Å². The first-order valence-corrected chi connectivity index (χ1v) is 15.8. The van der Waals surface area contributed by atoms with Gasteiger partial charge < -0.3 is 9.97 Å². The summed E-state index contributed by atoms with van der Waals surface area (Å²) in [6, 6.07) is 60.6. The molecule has 2 aromatic heterocycles. The number of hydrogen-bond donors (Lipinski definition) is 0. The zero-order chi connectivity index (χ0) is 32.4. The van der Waals surface area contributed by atoms with Crippen LogP contribution in [-0.2, 0) is 20.1 Å². The molecule has 0 aliphatic rings. The van der Waals surface area contributed by atoms with Crippen molar-refractivity contribution in [2.75, 3.05) is 0 Å². The van der Waals surface area contributed by atoms with Crippen molar-refractivity contribution in [3.8, 4) is 67.5 Å². The molecule has 4 nitrogen and oxygen atoms in total. The molecule has 0 unspecified atom stereocenters. The summed E-state index contributed by atoms with van der Waals surface area (Å²) in [7, 11) is 0. The van der Waals surface area contributed by atoms with E-state index in [1.807, 2.05) is 158 Å². The van der Waals surface area contributed by atoms with Gasteiger partial charge in [-0.1, -0.05) is 192 Å². The minimum absolute atomic E-state index is 0. The minimum Gasteiger partial charge on any atom is -0.381 e. The average Bonchev–Trinajstić information content (AvgIpc) is 3.20. The van der Waals surface area contributed by atoms with Crippen LogP contribution in [0.4, 0.5) is 0 Å². The SMILES string of the molecule is [Ir].[c-]1nc(-c2ccccc2)c(-c2ccccc2)nc1-c1ccccc1.[c-]1nc(-c2ccccc2)c(-c2ccccc2)nc1-c1ccccc1. The summed E-state index contributed by atoms with van der Waals surface area (Å²) in [4.78, 5) is 19.0. The van der Waals surface area contributed by atoms with E-state index in [1.165, 1.54) is 0 Å². The van der Waals surface area contributed by atoms with Gasteiger partial charge in [0.1, 0.15) is 0 Å². The maximum atomic E-state index is 4.87. The molecular formula is C44H30IrN4-2. The summed E-state index contributed by atoms with van der Waals surface area (Å²) in [6.45, 7) is 0. The molecule has 49 heavy (non-hydrogen) atoms. The van der Waals surface area contributed by atoms with E-state index < -0.39 is 0 Å². The van der Waals surface area contributed by atoms with Gasteiger partial charge in [0.15, 0.2) is 0 Å². The summed E-state index contributed by atoms with van der Waals surface area (Å²) in [5, 5.41) is 0. The fourth-order valence-corrected chi connectivity index (χ4v) is 5.34. The van der Waals surface area contributed by atoms with Crippen molar-refractivity contribution >= 4 is 0 Å². The molecule has 8 rings (SSSR count). The van der Waals surface area contributed by atoms with Crippen molar-refractivity contribution in [1.82, 2.24) is 19.9 Å². The second-order valence-electron chi connectivity index (χ2n) is 11.0. The first-order chi connectivity index (χ1) is 23.8. The maximum absolute atomic E-state index is 4.87. The van der Waals surface area contributed by atoms with Gasteiger partial charge in [-0.2, -0.15) is 0 Å². The molecule has 0 bridgehead atoms. The van der Waals surface area contributed by atoms with Crippen LogP contribution in [0.3, 0.4) is 0 Å². The van der Waals surface area contributed by atoms with Crippen LogP contribution in [-0.4, -0.2) is 19.9 Å². The molecule has 0 amide bonds. The standard InChI is InChI=1S/2C22H15N2.Ir/c2*1-4-10-17(11-5-1)20-16-23-21(18-12-6-2-7-13-18)22(24-20)19-14-8-3-9-15-19;/h2*1-15H;/q2*-1;. The van der Waals surface area contributed by atoms with Gasteiger partial charge in [0, 0.05) is 31.5 Å². The Kier molecular flexibility index (Phi) is 11.0. The van der Waals surface area contributed by atoms with E-state index in [1.54, 1.807) is 0 Å². The Labute approximate surface area is 300 Å². The number of hydrogen-bond acceptors (Lipinski definition) is 4. The molecular weight excluding hydrogens is 777 g/mol. The van der Waals surface area contributed by atoms with Gasteiger partial charge in [-0.3, -0.25) is 9.97 Å². The van der Waals surface area contributed by atoms with E-state index in [2.05, 4.69) is 46.6 Å². The molecule has 2 heterocycles. The number of rotatable bonds is 6. The van der Waals surface area contributed by atoms with Crippen molar-refractivity contribution in [3.63, 3.8) is 0 Å². The van der Waals surface area contributed by atoms with E-state index in [4.69, 9.17) is 9.97 Å². The maximum Gasteiger partial charge on any atom is 0.0398 e. The Balaban J connectivity index is 0.000000167. The molecule has 0 saturated heterocycles. The predicted octanol–water partition coefficient (Wildman–Crippen LogP) is 10.6. The predicted molar refractivity (Wildman–Crippen MR) is 194 cm³/mol. The van der Waals surface area contributed by atoms with Gasteiger partial charge >= 0.3 is 0 Å². The minimum atomic E-state index is 0. The quantitative estimate of drug-likeness (QED) is 0.157. The van der Waals surface area contributed by atoms with Crippen LogP contribution in [0, 0.1) is 12.4 Å². The van der Waals surface area contributed by atoms with E-state index in [0.717, 1.165) is 67.5 Å². The number of benzene rings is 6. The summed E-state index contributed by atoms with van der Waals surface area (Å²) in [5.74, 6) is 0. The van der Waals surface area contributed by atoms with E-state index >= 15 is 0 Å². The normalized spacial score (nSPS) is 10.3. The van der Waals surface area contributed by atoms with E-state index in [9.17, 15) is 0 Å². The molecule has 0 aliphatic heterocycles. The smallest absolute Gasteiger partial charge is 0.0398 e. The van der Waals surface area contributed by atoms with Gasteiger partial charge in [-0.15, -0.1) is 24.3 Å². The molecule has 0 aliphatic carbocycles. The second-order valence-corrected chi connectivity index (χ2v) is 11.0. The van der Waals surface area contributed by atoms with E-state index in [0.29, 0.717) is 0 Å². The van der Waals surface area contributed by atoms with Crippen LogP contribution in [0.1, 0.15) is 0 Å². The average molecular weight is 807 g/mol. The molecule has 0 atom stereocenters. The fraction of sp³-hybridized carbons (Fsp3) is 0. The molecule has 0 fully saturated rings. The first kappa shape index (κ1) is 33.0. The molecule has 5 heteroatoms. The molecule has 8 aromatic rings. The van der Waals surface area contributed by atoms with Crippen LogP contribution in [0.15, 0.2) is 182 Å². The van der Waals surface area contributed by atoms with Crippen LogP contribution in [0.25, 0.3) is 67.5 Å². The zero-order valence-electron chi connectivity index (χ0n) is 26.4. The molecule has 0 spiro atoms. The Morgan fingerprint density at radius 1 is 0.265 bits per heavy atom. The van der Waals surface area contributed by atoms with Crippen LogP contribution >= 0.6 is 0 Å². The summed E-state index contributed by atoms with van der Waals surface area (Å²) >= 11 is 0. The Hall–Kier alpha value is -5.87. The largest absolute Gasteiger partial charge is 0.381 e. The zero-order valence-corrected chi connectivity index (χ0v) is 28.8. The molecule has 237 valence electrons. The van der Waals surface area contributed by atoms with Crippen molar-refractivity contribution < 1.29 is 20.1 Å². The third-order valence-corrected chi connectivity index (χ3v) is 7.73. The number of nitrogens with zero attached hydrogens (tertiary/aromatic N) is 4. The van der Waals surface area contributed by atoms with Crippen molar-refractivity contribution in [2.45, 2.75) is 0 Å². The molecule has 1 radical (unpaired) electrons. The third-order valence-electron chi connectivity index (χ3n) is 7.73. The summed E-state index contributed by atoms with van der Waals surface area (Å²) in [6.07, 6.45) is 6.20. The summed E-state index contributed by atoms with van der Waals surface area (Å²) in [5.41, 5.74) is 11.2. The third kappa shape index (κ3) is 7.99. The second kappa shape index (κ2) is 16.3. The Morgan fingerprint density at radius 2 is 0.490 bits per heavy atom. The van der Waals surface area contributed by atoms with Crippen LogP contribution in [0.2, 0.25) is 0 Å². The van der Waals surface area contributed by atoms with Gasteiger partial charge in [-0.05, 0) is 33.9 Å². The van der Waals surface area contributed by atoms with Gasteiger partial charge in [-0.25, -0.2) is 0 Å². The van der Waals surface area contributed by atoms with Gasteiger partial charge in [0.2, 0.25) is 0 Å². The first-order valence-electron chi connectivity index (χ1n) is 15.8. The van der Waals surface area contributed by atoms with Gasteiger partial charge in [0.05, 0.1) is 0 Å². The Morgan fingerprint density at radius 3 is 0.755 bits per heavy atom. The monoisotopic (exact) mass is 807 g/mol. The van der Waals surface area contributed by atoms with Crippen LogP contribution in [0.5, 0.6) is 0 Å². The molecule has 0 N–H and O–H groups in total. The van der Waals surface area contributed by atoms with Crippen LogP contribution < -0.4 is 0 Å². The van der Waals surface area contributed by atoms with E-state index in [-0.39, 0.29) is 20.1 Å². The number of aromatic nitrogens is 4. The van der Waals surface area contributed by atoms with Crippen molar-refractivity contribution in [2.24, 2.45) is 0 Å². The Bertz CT molecular complexity index is 2040. The topological polar surface area (TPSA) is 51.6 Å². The molecule has 0 saturated carbocycles. The van der Waals surface area contributed by atoms with Gasteiger partial charge in [0.25, 0.3) is 0 Å².